The lowest BCUT2D eigenvalue weighted by Crippen LogP contribution is -2.27. The molecule has 3 N–H and O–H groups in total. The smallest absolute Gasteiger partial charge is 0.472 e. The summed E-state index contributed by atoms with van der Waals surface area (Å²) in [6.45, 7) is 4.18. The molecule has 0 rings (SSSR count). The van der Waals surface area contributed by atoms with Gasteiger partial charge in [0.2, 0.25) is 0 Å². The van der Waals surface area contributed by atoms with E-state index in [1.807, 2.05) is 6.08 Å². The third-order valence-corrected chi connectivity index (χ3v) is 7.76. The van der Waals surface area contributed by atoms with Crippen LogP contribution in [0.3, 0.4) is 0 Å². The summed E-state index contributed by atoms with van der Waals surface area (Å²) in [4.78, 5) is 22.1. The van der Waals surface area contributed by atoms with Crippen molar-refractivity contribution in [3.05, 3.63) is 12.3 Å². The molecule has 0 saturated carbocycles. The van der Waals surface area contributed by atoms with Crippen LogP contribution in [0.1, 0.15) is 149 Å². The molecule has 0 fully saturated rings. The average molecular weight is 592 g/mol. The monoisotopic (exact) mass is 591 g/mol. The van der Waals surface area contributed by atoms with E-state index in [9.17, 15) is 14.3 Å². The molecule has 0 radical (unpaired) electrons. The second-order valence-corrected chi connectivity index (χ2v) is 12.2. The number of hydrogen-bond acceptors (Lipinski definition) is 7. The summed E-state index contributed by atoms with van der Waals surface area (Å²) >= 11 is 0. The lowest BCUT2D eigenvalue weighted by Gasteiger charge is -2.19. The van der Waals surface area contributed by atoms with E-state index in [1.54, 1.807) is 6.26 Å². The van der Waals surface area contributed by atoms with Crippen LogP contribution < -0.4 is 5.73 Å². The molecular weight excluding hydrogens is 529 g/mol. The van der Waals surface area contributed by atoms with Crippen LogP contribution in [-0.2, 0) is 27.9 Å². The highest BCUT2D eigenvalue weighted by Crippen LogP contribution is 2.43. The number of carbonyl (C=O) groups is 1. The molecule has 8 nitrogen and oxygen atoms in total. The molecule has 0 aromatic heterocycles. The van der Waals surface area contributed by atoms with E-state index < -0.39 is 13.9 Å². The van der Waals surface area contributed by atoms with Gasteiger partial charge in [-0.2, -0.15) is 0 Å². The summed E-state index contributed by atoms with van der Waals surface area (Å²) in [5, 5.41) is 0. The van der Waals surface area contributed by atoms with Gasteiger partial charge in [0, 0.05) is 13.0 Å². The number of esters is 1. The fraction of sp³-hybridized carbons (Fsp3) is 0.903. The molecule has 0 spiro atoms. The lowest BCUT2D eigenvalue weighted by molar-refractivity contribution is -0.153. The highest BCUT2D eigenvalue weighted by Gasteiger charge is 2.25. The van der Waals surface area contributed by atoms with Gasteiger partial charge in [0.05, 0.1) is 19.5 Å². The van der Waals surface area contributed by atoms with Crippen LogP contribution >= 0.6 is 7.82 Å². The van der Waals surface area contributed by atoms with Crippen LogP contribution in [0.25, 0.3) is 0 Å². The van der Waals surface area contributed by atoms with Crippen LogP contribution in [0.4, 0.5) is 0 Å². The molecule has 0 aliphatic carbocycles. The number of carbonyl (C=O) groups excluding carboxylic acids is 1. The van der Waals surface area contributed by atoms with E-state index in [0.717, 1.165) is 32.1 Å². The Morgan fingerprint density at radius 1 is 0.750 bits per heavy atom. The van der Waals surface area contributed by atoms with Crippen molar-refractivity contribution in [1.29, 1.82) is 0 Å². The predicted octanol–water partition coefficient (Wildman–Crippen LogP) is 8.75. The SMILES string of the molecule is CCCCCCCCCCCCCC/C=C/OC[C@@H](COP(=O)(O)OCCN)OC(=O)CCCCCCCCC. The number of allylic oxidation sites excluding steroid dienone is 1. The van der Waals surface area contributed by atoms with Gasteiger partial charge in [-0.05, 0) is 25.3 Å². The van der Waals surface area contributed by atoms with Gasteiger partial charge < -0.3 is 20.1 Å². The van der Waals surface area contributed by atoms with Crippen LogP contribution in [0.15, 0.2) is 12.3 Å². The Bertz CT molecular complexity index is 633. The highest BCUT2D eigenvalue weighted by atomic mass is 31.2. The largest absolute Gasteiger partial charge is 0.498 e. The first kappa shape index (κ1) is 39.1. The van der Waals surface area contributed by atoms with Gasteiger partial charge >= 0.3 is 13.8 Å². The van der Waals surface area contributed by atoms with Crippen molar-refractivity contribution in [2.24, 2.45) is 5.73 Å². The topological polar surface area (TPSA) is 117 Å². The summed E-state index contributed by atoms with van der Waals surface area (Å²) in [5.74, 6) is -0.359. The van der Waals surface area contributed by atoms with Crippen LogP contribution in [-0.4, -0.2) is 43.3 Å². The summed E-state index contributed by atoms with van der Waals surface area (Å²) in [7, 11) is -4.27. The molecule has 0 heterocycles. The van der Waals surface area contributed by atoms with Crippen LogP contribution in [0.2, 0.25) is 0 Å². The molecule has 0 amide bonds. The summed E-state index contributed by atoms with van der Waals surface area (Å²) in [6, 6.07) is 0. The fourth-order valence-corrected chi connectivity index (χ4v) is 5.14. The van der Waals surface area contributed by atoms with Crippen molar-refractivity contribution < 1.29 is 32.8 Å². The molecule has 1 unspecified atom stereocenters. The van der Waals surface area contributed by atoms with Gasteiger partial charge in [0.25, 0.3) is 0 Å². The van der Waals surface area contributed by atoms with Crippen molar-refractivity contribution in [3.8, 4) is 0 Å². The molecule has 0 bridgehead atoms. The number of unbranched alkanes of at least 4 members (excludes halogenated alkanes) is 18. The van der Waals surface area contributed by atoms with Crippen molar-refractivity contribution in [2.45, 2.75) is 155 Å². The number of ether oxygens (including phenoxy) is 2. The first-order chi connectivity index (χ1) is 19.4. The first-order valence-electron chi connectivity index (χ1n) is 16.2. The first-order valence-corrected chi connectivity index (χ1v) is 17.7. The van der Waals surface area contributed by atoms with Gasteiger partial charge in [-0.25, -0.2) is 4.57 Å². The van der Waals surface area contributed by atoms with Crippen molar-refractivity contribution in [3.63, 3.8) is 0 Å². The Labute approximate surface area is 245 Å². The number of phosphoric acid groups is 1. The van der Waals surface area contributed by atoms with Crippen LogP contribution in [0, 0.1) is 0 Å². The van der Waals surface area contributed by atoms with Crippen LogP contribution in [0.5, 0.6) is 0 Å². The number of nitrogens with two attached hydrogens (primary N) is 1. The van der Waals surface area contributed by atoms with E-state index in [4.69, 9.17) is 24.3 Å². The number of rotatable bonds is 31. The number of hydrogen-bond donors (Lipinski definition) is 2. The maximum atomic E-state index is 12.3. The van der Waals surface area contributed by atoms with Crippen molar-refractivity contribution >= 4 is 13.8 Å². The van der Waals surface area contributed by atoms with E-state index in [0.29, 0.717) is 6.42 Å². The molecule has 0 saturated heterocycles. The van der Waals surface area contributed by atoms with E-state index >= 15 is 0 Å². The molecule has 238 valence electrons. The molecule has 9 heteroatoms. The van der Waals surface area contributed by atoms with E-state index in [-0.39, 0.29) is 32.3 Å². The minimum Gasteiger partial charge on any atom is -0.498 e. The minimum atomic E-state index is -4.27. The molecule has 40 heavy (non-hydrogen) atoms. The Morgan fingerprint density at radius 2 is 1.25 bits per heavy atom. The molecule has 0 aliphatic rings. The second-order valence-electron chi connectivity index (χ2n) is 10.8. The van der Waals surface area contributed by atoms with Crippen molar-refractivity contribution in [1.82, 2.24) is 0 Å². The summed E-state index contributed by atoms with van der Waals surface area (Å²) in [5.41, 5.74) is 5.31. The molecular formula is C31H62NO7P. The summed E-state index contributed by atoms with van der Waals surface area (Å²) < 4.78 is 32.8. The van der Waals surface area contributed by atoms with Gasteiger partial charge in [-0.15, -0.1) is 0 Å². The Morgan fingerprint density at radius 3 is 1.77 bits per heavy atom. The van der Waals surface area contributed by atoms with E-state index in [2.05, 4.69) is 13.8 Å². The third kappa shape index (κ3) is 28.6. The van der Waals surface area contributed by atoms with Gasteiger partial charge in [0.15, 0.2) is 6.10 Å². The van der Waals surface area contributed by atoms with E-state index in [1.165, 1.54) is 96.3 Å². The second kappa shape index (κ2) is 29.6. The zero-order valence-corrected chi connectivity index (χ0v) is 26.7. The Kier molecular flexibility index (Phi) is 28.9. The predicted molar refractivity (Wildman–Crippen MR) is 164 cm³/mol. The zero-order valence-electron chi connectivity index (χ0n) is 25.8. The summed E-state index contributed by atoms with van der Waals surface area (Å²) in [6.07, 6.45) is 27.6. The lowest BCUT2D eigenvalue weighted by atomic mass is 10.0. The van der Waals surface area contributed by atoms with Crippen molar-refractivity contribution in [2.75, 3.05) is 26.4 Å². The third-order valence-electron chi connectivity index (χ3n) is 6.78. The highest BCUT2D eigenvalue weighted by molar-refractivity contribution is 7.47. The average Bonchev–Trinajstić information content (AvgIpc) is 2.94. The molecule has 0 aromatic rings. The zero-order chi connectivity index (χ0) is 29.6. The molecule has 0 aromatic carbocycles. The number of phosphoric ester groups is 1. The quantitative estimate of drug-likeness (QED) is 0.0356. The standard InChI is InChI=1S/C31H62NO7P/c1-3-5-7-9-11-12-13-14-15-16-17-19-21-23-26-36-28-30(29-38-40(34,35)37-27-25-32)39-31(33)24-22-20-18-10-8-6-4-2/h23,26,30H,3-22,24-25,27-29,32H2,1-2H3,(H,34,35)/b26-23+/t30-/m0/s1. The molecule has 0 aliphatic heterocycles. The Hall–Kier alpha value is -0.920. The fourth-order valence-electron chi connectivity index (χ4n) is 4.37. The van der Waals surface area contributed by atoms with Gasteiger partial charge in [0.1, 0.15) is 6.61 Å². The van der Waals surface area contributed by atoms with Gasteiger partial charge in [-0.3, -0.25) is 13.8 Å². The molecule has 2 atom stereocenters. The minimum absolute atomic E-state index is 0.0363. The maximum Gasteiger partial charge on any atom is 0.472 e. The maximum absolute atomic E-state index is 12.3. The normalized spacial score (nSPS) is 13.9. The Balaban J connectivity index is 4.15. The van der Waals surface area contributed by atoms with Gasteiger partial charge in [-0.1, -0.05) is 123 Å².